The monoisotopic (exact) mass is 318 g/mol. The number of piperazine rings is 1. The maximum atomic E-state index is 13.7. The number of carbonyl (C=O) groups excluding carboxylic acids is 1. The fraction of sp³-hybridized carbons (Fsp3) is 0.353. The Morgan fingerprint density at radius 3 is 2.61 bits per heavy atom. The molecular weight excluding hydrogens is 299 g/mol. The molecule has 6 heteroatoms. The predicted octanol–water partition coefficient (Wildman–Crippen LogP) is 1.91. The second kappa shape index (κ2) is 6.93. The lowest BCUT2D eigenvalue weighted by Gasteiger charge is -2.35. The number of carbonyl (C=O) groups is 1. The summed E-state index contributed by atoms with van der Waals surface area (Å²) < 4.78 is 18.6. The lowest BCUT2D eigenvalue weighted by molar-refractivity contribution is 0.0522. The number of aliphatic hydroxyl groups is 1. The molecule has 2 aromatic rings. The van der Waals surface area contributed by atoms with Crippen molar-refractivity contribution in [3.8, 4) is 0 Å². The highest BCUT2D eigenvalue weighted by molar-refractivity contribution is 5.93. The topological polar surface area (TPSA) is 56.9 Å². The van der Waals surface area contributed by atoms with Gasteiger partial charge >= 0.3 is 0 Å². The predicted molar refractivity (Wildman–Crippen MR) is 82.4 cm³/mol. The van der Waals surface area contributed by atoms with Gasteiger partial charge in [-0.1, -0.05) is 18.2 Å². The molecule has 122 valence electrons. The van der Waals surface area contributed by atoms with Crippen molar-refractivity contribution in [3.05, 3.63) is 59.8 Å². The highest BCUT2D eigenvalue weighted by Crippen LogP contribution is 2.19. The van der Waals surface area contributed by atoms with Gasteiger partial charge in [0.25, 0.3) is 5.91 Å². The van der Waals surface area contributed by atoms with Gasteiger partial charge in [-0.25, -0.2) is 4.39 Å². The van der Waals surface area contributed by atoms with E-state index in [-0.39, 0.29) is 5.91 Å². The number of amides is 1. The van der Waals surface area contributed by atoms with E-state index in [0.717, 1.165) is 0 Å². The molecule has 1 aliphatic rings. The Bertz CT molecular complexity index is 652. The highest BCUT2D eigenvalue weighted by Gasteiger charge is 2.24. The van der Waals surface area contributed by atoms with Gasteiger partial charge in [0.05, 0.1) is 17.9 Å². The van der Waals surface area contributed by atoms with Gasteiger partial charge in [-0.2, -0.15) is 0 Å². The van der Waals surface area contributed by atoms with E-state index < -0.39 is 11.9 Å². The second-order valence-electron chi connectivity index (χ2n) is 5.64. The van der Waals surface area contributed by atoms with Gasteiger partial charge in [-0.15, -0.1) is 0 Å². The van der Waals surface area contributed by atoms with Crippen LogP contribution in [0.25, 0.3) is 0 Å². The van der Waals surface area contributed by atoms with Crippen molar-refractivity contribution in [3.63, 3.8) is 0 Å². The van der Waals surface area contributed by atoms with E-state index in [9.17, 15) is 14.3 Å². The minimum Gasteiger partial charge on any atom is -0.472 e. The molecule has 1 saturated heterocycles. The summed E-state index contributed by atoms with van der Waals surface area (Å²) in [6.45, 7) is 2.81. The Balaban J connectivity index is 1.53. The molecule has 1 unspecified atom stereocenters. The summed E-state index contributed by atoms with van der Waals surface area (Å²) >= 11 is 0. The van der Waals surface area contributed by atoms with Crippen LogP contribution >= 0.6 is 0 Å². The molecule has 1 atom stereocenters. The number of halogens is 1. The van der Waals surface area contributed by atoms with Gasteiger partial charge in [-0.05, 0) is 12.1 Å². The van der Waals surface area contributed by atoms with Crippen LogP contribution in [0.5, 0.6) is 0 Å². The van der Waals surface area contributed by atoms with Crippen molar-refractivity contribution < 1.29 is 18.7 Å². The molecule has 1 fully saturated rings. The standard InChI is InChI=1S/C17H19FN2O3/c18-15-4-2-1-3-14(15)16(21)11-19-6-8-20(9-7-19)17(22)13-5-10-23-12-13/h1-5,10,12,16,21H,6-9,11H2. The summed E-state index contributed by atoms with van der Waals surface area (Å²) in [6, 6.07) is 7.91. The van der Waals surface area contributed by atoms with Crippen LogP contribution in [0.4, 0.5) is 4.39 Å². The Morgan fingerprint density at radius 1 is 1.22 bits per heavy atom. The fourth-order valence-electron chi connectivity index (χ4n) is 2.79. The summed E-state index contributed by atoms with van der Waals surface area (Å²) in [5.74, 6) is -0.443. The summed E-state index contributed by atoms with van der Waals surface area (Å²) in [5, 5.41) is 10.2. The van der Waals surface area contributed by atoms with Gasteiger partial charge in [0, 0.05) is 38.3 Å². The zero-order valence-corrected chi connectivity index (χ0v) is 12.7. The molecule has 1 amide bonds. The van der Waals surface area contributed by atoms with E-state index in [1.807, 2.05) is 4.90 Å². The Morgan fingerprint density at radius 2 is 1.96 bits per heavy atom. The van der Waals surface area contributed by atoms with Crippen LogP contribution in [-0.2, 0) is 0 Å². The number of β-amino-alcohol motifs (C(OH)–C–C–N with tert-alkyl or cyclic N) is 1. The second-order valence-corrected chi connectivity index (χ2v) is 5.64. The number of furan rings is 1. The van der Waals surface area contributed by atoms with Crippen molar-refractivity contribution in [1.82, 2.24) is 9.80 Å². The smallest absolute Gasteiger partial charge is 0.257 e. The van der Waals surface area contributed by atoms with Crippen molar-refractivity contribution in [1.29, 1.82) is 0 Å². The minimum absolute atomic E-state index is 0.0481. The third kappa shape index (κ3) is 3.60. The quantitative estimate of drug-likeness (QED) is 0.935. The third-order valence-electron chi connectivity index (χ3n) is 4.12. The first-order chi connectivity index (χ1) is 11.1. The van der Waals surface area contributed by atoms with Crippen LogP contribution in [0.2, 0.25) is 0 Å². The Hall–Kier alpha value is -2.18. The molecule has 0 aliphatic carbocycles. The molecule has 23 heavy (non-hydrogen) atoms. The zero-order valence-electron chi connectivity index (χ0n) is 12.7. The summed E-state index contributed by atoms with van der Waals surface area (Å²) in [7, 11) is 0. The van der Waals surface area contributed by atoms with Crippen LogP contribution in [0.15, 0.2) is 47.3 Å². The van der Waals surface area contributed by atoms with Crippen molar-refractivity contribution in [2.45, 2.75) is 6.10 Å². The number of benzene rings is 1. The van der Waals surface area contributed by atoms with Gasteiger partial charge < -0.3 is 14.4 Å². The zero-order chi connectivity index (χ0) is 16.2. The van der Waals surface area contributed by atoms with Crippen LogP contribution < -0.4 is 0 Å². The SMILES string of the molecule is O=C(c1ccoc1)N1CCN(CC(O)c2ccccc2F)CC1. The maximum Gasteiger partial charge on any atom is 0.257 e. The van der Waals surface area contributed by atoms with Crippen molar-refractivity contribution in [2.75, 3.05) is 32.7 Å². The van der Waals surface area contributed by atoms with E-state index in [4.69, 9.17) is 4.42 Å². The highest BCUT2D eigenvalue weighted by atomic mass is 19.1. The Kier molecular flexibility index (Phi) is 4.73. The number of aliphatic hydroxyl groups excluding tert-OH is 1. The summed E-state index contributed by atoms with van der Waals surface area (Å²) in [5.41, 5.74) is 0.856. The minimum atomic E-state index is -0.868. The van der Waals surface area contributed by atoms with E-state index in [0.29, 0.717) is 43.9 Å². The molecule has 3 rings (SSSR count). The average Bonchev–Trinajstić information content (AvgIpc) is 3.09. The summed E-state index contributed by atoms with van der Waals surface area (Å²) in [6.07, 6.45) is 2.05. The lowest BCUT2D eigenvalue weighted by Crippen LogP contribution is -2.49. The molecule has 2 heterocycles. The van der Waals surface area contributed by atoms with Crippen LogP contribution in [0.3, 0.4) is 0 Å². The number of hydrogen-bond donors (Lipinski definition) is 1. The normalized spacial score (nSPS) is 17.2. The van der Waals surface area contributed by atoms with Crippen molar-refractivity contribution >= 4 is 5.91 Å². The number of nitrogens with zero attached hydrogens (tertiary/aromatic N) is 2. The number of hydrogen-bond acceptors (Lipinski definition) is 4. The van der Waals surface area contributed by atoms with Gasteiger partial charge in [-0.3, -0.25) is 9.69 Å². The van der Waals surface area contributed by atoms with E-state index in [1.54, 1.807) is 29.2 Å². The number of rotatable bonds is 4. The van der Waals surface area contributed by atoms with Crippen molar-refractivity contribution in [2.24, 2.45) is 0 Å². The molecule has 0 bridgehead atoms. The average molecular weight is 318 g/mol. The molecule has 5 nitrogen and oxygen atoms in total. The molecule has 1 aromatic heterocycles. The van der Waals surface area contributed by atoms with Gasteiger partial charge in [0.2, 0.25) is 0 Å². The summed E-state index contributed by atoms with van der Waals surface area (Å²) in [4.78, 5) is 16.0. The molecule has 0 spiro atoms. The van der Waals surface area contributed by atoms with Crippen LogP contribution in [0, 0.1) is 5.82 Å². The molecule has 0 radical (unpaired) electrons. The van der Waals surface area contributed by atoms with Gasteiger partial charge in [0.15, 0.2) is 0 Å². The van der Waals surface area contributed by atoms with Crippen LogP contribution in [0.1, 0.15) is 22.0 Å². The maximum absolute atomic E-state index is 13.7. The first-order valence-electron chi connectivity index (χ1n) is 7.61. The molecule has 0 saturated carbocycles. The van der Waals surface area contributed by atoms with Crippen LogP contribution in [-0.4, -0.2) is 53.5 Å². The first-order valence-corrected chi connectivity index (χ1v) is 7.61. The first kappa shape index (κ1) is 15.7. The lowest BCUT2D eigenvalue weighted by atomic mass is 10.1. The fourth-order valence-corrected chi connectivity index (χ4v) is 2.79. The molecule has 1 aliphatic heterocycles. The Labute approximate surface area is 133 Å². The molecule has 1 aromatic carbocycles. The van der Waals surface area contributed by atoms with E-state index >= 15 is 0 Å². The van der Waals surface area contributed by atoms with E-state index in [1.165, 1.54) is 18.6 Å². The van der Waals surface area contributed by atoms with Gasteiger partial charge in [0.1, 0.15) is 12.1 Å². The third-order valence-corrected chi connectivity index (χ3v) is 4.12. The molecular formula is C17H19FN2O3. The largest absolute Gasteiger partial charge is 0.472 e. The van der Waals surface area contributed by atoms with E-state index in [2.05, 4.69) is 0 Å². The molecule has 1 N–H and O–H groups in total.